The highest BCUT2D eigenvalue weighted by molar-refractivity contribution is 5.86. The summed E-state index contributed by atoms with van der Waals surface area (Å²) in [5.74, 6) is -1.12. The van der Waals surface area contributed by atoms with Gasteiger partial charge in [0.15, 0.2) is 11.6 Å². The van der Waals surface area contributed by atoms with Crippen LogP contribution in [0.2, 0.25) is 0 Å². The van der Waals surface area contributed by atoms with Crippen LogP contribution < -0.4 is 5.73 Å². The van der Waals surface area contributed by atoms with E-state index < -0.39 is 12.0 Å². The standard InChI is InChI=1S/C10H10N2O3/c1-5-2-3-7-6(4-5)9(12-15-7)8(11)10(13)14/h2-4,8H,11H2,1H3,(H,13,14). The van der Waals surface area contributed by atoms with Crippen LogP contribution in [0.3, 0.4) is 0 Å². The third kappa shape index (κ3) is 1.57. The first-order chi connectivity index (χ1) is 7.09. The van der Waals surface area contributed by atoms with Crippen LogP contribution in [0.4, 0.5) is 0 Å². The Morgan fingerprint density at radius 3 is 3.00 bits per heavy atom. The number of aryl methyl sites for hydroxylation is 1. The Kier molecular flexibility index (Phi) is 2.17. The maximum atomic E-state index is 10.7. The SMILES string of the molecule is Cc1ccc2onc(C(N)C(=O)O)c2c1. The van der Waals surface area contributed by atoms with Gasteiger partial charge in [-0.1, -0.05) is 16.8 Å². The molecule has 1 aromatic heterocycles. The van der Waals surface area contributed by atoms with Crippen molar-refractivity contribution in [2.24, 2.45) is 5.73 Å². The van der Waals surface area contributed by atoms with Gasteiger partial charge in [0, 0.05) is 5.39 Å². The predicted octanol–water partition coefficient (Wildman–Crippen LogP) is 1.22. The van der Waals surface area contributed by atoms with E-state index in [0.29, 0.717) is 11.0 Å². The number of rotatable bonds is 2. The molecule has 15 heavy (non-hydrogen) atoms. The molecule has 0 saturated carbocycles. The van der Waals surface area contributed by atoms with Gasteiger partial charge in [0.05, 0.1) is 0 Å². The fraction of sp³-hybridized carbons (Fsp3) is 0.200. The summed E-state index contributed by atoms with van der Waals surface area (Å²) in [6.45, 7) is 1.91. The van der Waals surface area contributed by atoms with E-state index >= 15 is 0 Å². The van der Waals surface area contributed by atoms with Crippen LogP contribution in [0, 0.1) is 6.92 Å². The first-order valence-corrected chi connectivity index (χ1v) is 4.44. The van der Waals surface area contributed by atoms with E-state index in [4.69, 9.17) is 15.4 Å². The molecule has 0 spiro atoms. The summed E-state index contributed by atoms with van der Waals surface area (Å²) in [7, 11) is 0. The highest BCUT2D eigenvalue weighted by atomic mass is 16.5. The van der Waals surface area contributed by atoms with Gasteiger partial charge in [0.25, 0.3) is 0 Å². The van der Waals surface area contributed by atoms with Crippen LogP contribution >= 0.6 is 0 Å². The van der Waals surface area contributed by atoms with Crippen LogP contribution in [-0.4, -0.2) is 16.2 Å². The molecule has 1 unspecified atom stereocenters. The second-order valence-corrected chi connectivity index (χ2v) is 3.38. The number of aromatic nitrogens is 1. The van der Waals surface area contributed by atoms with Gasteiger partial charge >= 0.3 is 5.97 Å². The lowest BCUT2D eigenvalue weighted by Crippen LogP contribution is -2.21. The molecule has 0 saturated heterocycles. The fourth-order valence-electron chi connectivity index (χ4n) is 1.41. The van der Waals surface area contributed by atoms with Crippen molar-refractivity contribution in [2.75, 3.05) is 0 Å². The zero-order valence-electron chi connectivity index (χ0n) is 8.10. The van der Waals surface area contributed by atoms with E-state index in [1.807, 2.05) is 19.1 Å². The van der Waals surface area contributed by atoms with Crippen molar-refractivity contribution in [1.82, 2.24) is 5.16 Å². The molecule has 5 nitrogen and oxygen atoms in total. The van der Waals surface area contributed by atoms with Crippen molar-refractivity contribution >= 4 is 16.9 Å². The van der Waals surface area contributed by atoms with E-state index in [0.717, 1.165) is 5.56 Å². The molecule has 0 radical (unpaired) electrons. The second-order valence-electron chi connectivity index (χ2n) is 3.38. The first-order valence-electron chi connectivity index (χ1n) is 4.44. The molecule has 1 heterocycles. The van der Waals surface area contributed by atoms with Gasteiger partial charge in [-0.25, -0.2) is 0 Å². The van der Waals surface area contributed by atoms with Gasteiger partial charge in [-0.3, -0.25) is 4.79 Å². The van der Waals surface area contributed by atoms with Gasteiger partial charge in [-0.05, 0) is 19.1 Å². The molecule has 0 aliphatic heterocycles. The number of carbonyl (C=O) groups is 1. The molecular formula is C10H10N2O3. The van der Waals surface area contributed by atoms with Gasteiger partial charge in [0.2, 0.25) is 0 Å². The van der Waals surface area contributed by atoms with Crippen LogP contribution in [0.1, 0.15) is 17.3 Å². The molecule has 0 fully saturated rings. The summed E-state index contributed by atoms with van der Waals surface area (Å²) in [4.78, 5) is 10.7. The Labute approximate surface area is 85.5 Å². The monoisotopic (exact) mass is 206 g/mol. The van der Waals surface area contributed by atoms with Gasteiger partial charge < -0.3 is 15.4 Å². The van der Waals surface area contributed by atoms with E-state index in [9.17, 15) is 4.79 Å². The number of hydrogen-bond acceptors (Lipinski definition) is 4. The zero-order chi connectivity index (χ0) is 11.0. The van der Waals surface area contributed by atoms with Crippen LogP contribution in [0.25, 0.3) is 11.0 Å². The average Bonchev–Trinajstić information content (AvgIpc) is 2.59. The van der Waals surface area contributed by atoms with E-state index in [1.54, 1.807) is 6.07 Å². The first kappa shape index (κ1) is 9.67. The van der Waals surface area contributed by atoms with Gasteiger partial charge in [0.1, 0.15) is 5.69 Å². The summed E-state index contributed by atoms with van der Waals surface area (Å²) in [5.41, 5.74) is 7.29. The molecule has 0 bridgehead atoms. The van der Waals surface area contributed by atoms with Crippen molar-refractivity contribution in [3.05, 3.63) is 29.5 Å². The largest absolute Gasteiger partial charge is 0.480 e. The molecule has 78 valence electrons. The summed E-state index contributed by atoms with van der Waals surface area (Å²) in [6, 6.07) is 4.27. The number of fused-ring (bicyclic) bond motifs is 1. The Hall–Kier alpha value is -1.88. The lowest BCUT2D eigenvalue weighted by atomic mass is 10.1. The third-order valence-electron chi connectivity index (χ3n) is 2.21. The minimum absolute atomic E-state index is 0.265. The molecule has 5 heteroatoms. The molecule has 0 aliphatic carbocycles. The maximum absolute atomic E-state index is 10.7. The smallest absolute Gasteiger partial charge is 0.326 e. The number of hydrogen-bond donors (Lipinski definition) is 2. The Balaban J connectivity index is 2.61. The molecule has 2 aromatic rings. The van der Waals surface area contributed by atoms with Crippen molar-refractivity contribution in [3.8, 4) is 0 Å². The molecule has 0 amide bonds. The Morgan fingerprint density at radius 1 is 1.60 bits per heavy atom. The molecule has 1 atom stereocenters. The topological polar surface area (TPSA) is 89.4 Å². The van der Waals surface area contributed by atoms with Crippen LogP contribution in [0.15, 0.2) is 22.7 Å². The molecule has 3 N–H and O–H groups in total. The highest BCUT2D eigenvalue weighted by Gasteiger charge is 2.21. The Morgan fingerprint density at radius 2 is 2.33 bits per heavy atom. The summed E-state index contributed by atoms with van der Waals surface area (Å²) < 4.78 is 4.98. The molecule has 0 aliphatic rings. The Bertz CT molecular complexity index is 518. The number of carboxylic acids is 1. The molecule has 2 rings (SSSR count). The van der Waals surface area contributed by atoms with Crippen molar-refractivity contribution < 1.29 is 14.4 Å². The van der Waals surface area contributed by atoms with E-state index in [2.05, 4.69) is 5.16 Å². The zero-order valence-corrected chi connectivity index (χ0v) is 8.10. The van der Waals surface area contributed by atoms with Crippen molar-refractivity contribution in [2.45, 2.75) is 13.0 Å². The van der Waals surface area contributed by atoms with E-state index in [1.165, 1.54) is 0 Å². The van der Waals surface area contributed by atoms with Crippen LogP contribution in [0.5, 0.6) is 0 Å². The number of nitrogens with zero attached hydrogens (tertiary/aromatic N) is 1. The lowest BCUT2D eigenvalue weighted by Gasteiger charge is -2.01. The molecule has 1 aromatic carbocycles. The predicted molar refractivity (Wildman–Crippen MR) is 53.3 cm³/mol. The number of carboxylic acid groups (broad SMARTS) is 1. The molecular weight excluding hydrogens is 196 g/mol. The number of nitrogens with two attached hydrogens (primary N) is 1. The summed E-state index contributed by atoms with van der Waals surface area (Å²) in [6.07, 6.45) is 0. The average molecular weight is 206 g/mol. The normalized spacial score (nSPS) is 12.9. The number of benzene rings is 1. The van der Waals surface area contributed by atoms with E-state index in [-0.39, 0.29) is 5.69 Å². The maximum Gasteiger partial charge on any atom is 0.326 e. The third-order valence-corrected chi connectivity index (χ3v) is 2.21. The number of aliphatic carboxylic acids is 1. The van der Waals surface area contributed by atoms with Crippen LogP contribution in [-0.2, 0) is 4.79 Å². The lowest BCUT2D eigenvalue weighted by molar-refractivity contribution is -0.138. The van der Waals surface area contributed by atoms with Gasteiger partial charge in [-0.2, -0.15) is 0 Å². The summed E-state index contributed by atoms with van der Waals surface area (Å²) in [5, 5.41) is 13.1. The van der Waals surface area contributed by atoms with Crippen molar-refractivity contribution in [1.29, 1.82) is 0 Å². The minimum Gasteiger partial charge on any atom is -0.480 e. The van der Waals surface area contributed by atoms with Crippen molar-refractivity contribution in [3.63, 3.8) is 0 Å². The summed E-state index contributed by atoms with van der Waals surface area (Å²) >= 11 is 0. The fourth-order valence-corrected chi connectivity index (χ4v) is 1.41. The second kappa shape index (κ2) is 3.36. The highest BCUT2D eigenvalue weighted by Crippen LogP contribution is 2.23. The minimum atomic E-state index is -1.15. The quantitative estimate of drug-likeness (QED) is 0.771. The van der Waals surface area contributed by atoms with Gasteiger partial charge in [-0.15, -0.1) is 0 Å².